The van der Waals surface area contributed by atoms with Crippen LogP contribution in [-0.4, -0.2) is 27.1 Å². The lowest BCUT2D eigenvalue weighted by Crippen LogP contribution is -2.39. The van der Waals surface area contributed by atoms with Gasteiger partial charge in [-0.15, -0.1) is 0 Å². The molecular formula is C22H25NO3S. The molecule has 0 aliphatic rings. The first-order valence-electron chi connectivity index (χ1n) is 8.63. The summed E-state index contributed by atoms with van der Waals surface area (Å²) in [5.74, 6) is 0. The highest BCUT2D eigenvalue weighted by Crippen LogP contribution is 2.21. The van der Waals surface area contributed by atoms with Crippen LogP contribution in [0.4, 0.5) is 5.69 Å². The Kier molecular flexibility index (Phi) is 6.91. The minimum atomic E-state index is -4.27. The van der Waals surface area contributed by atoms with Crippen molar-refractivity contribution in [1.82, 2.24) is 4.48 Å². The van der Waals surface area contributed by atoms with E-state index in [9.17, 15) is 13.0 Å². The van der Waals surface area contributed by atoms with Gasteiger partial charge < -0.3 is 4.55 Å². The summed E-state index contributed by atoms with van der Waals surface area (Å²) in [5.41, 5.74) is 3.64. The molecule has 0 N–H and O–H groups in total. The van der Waals surface area contributed by atoms with E-state index >= 15 is 0 Å². The van der Waals surface area contributed by atoms with Crippen LogP contribution in [-0.2, 0) is 16.7 Å². The van der Waals surface area contributed by atoms with Gasteiger partial charge in [-0.1, -0.05) is 66.2 Å². The second-order valence-electron chi connectivity index (χ2n) is 6.93. The standard InChI is InChI=1S/C15H18N.C7H8O3S/c1-16(2,15-11-7-4-8-12-15)13-14-9-5-3-6-10-14;1-6-2-4-7(5-3-6)11(8,9)10/h3-12H,13H2,1-2H3;2-5H,1H3,(H,8,9,10)/q+1;/p-1. The zero-order chi connectivity index (χ0) is 19.9. The van der Waals surface area contributed by atoms with Crippen LogP contribution in [0.15, 0.2) is 89.8 Å². The first kappa shape index (κ1) is 20.8. The van der Waals surface area contributed by atoms with E-state index in [4.69, 9.17) is 0 Å². The highest BCUT2D eigenvalue weighted by Gasteiger charge is 2.18. The summed E-state index contributed by atoms with van der Waals surface area (Å²) in [6.07, 6.45) is 0. The predicted octanol–water partition coefficient (Wildman–Crippen LogP) is 4.35. The van der Waals surface area contributed by atoms with Crippen LogP contribution in [0.1, 0.15) is 11.1 Å². The van der Waals surface area contributed by atoms with E-state index in [2.05, 4.69) is 74.8 Å². The van der Waals surface area contributed by atoms with Crippen molar-refractivity contribution in [3.63, 3.8) is 0 Å². The van der Waals surface area contributed by atoms with Gasteiger partial charge in [-0.25, -0.2) is 8.42 Å². The molecular weight excluding hydrogens is 358 g/mol. The van der Waals surface area contributed by atoms with Crippen molar-refractivity contribution in [3.8, 4) is 0 Å². The third kappa shape index (κ3) is 6.64. The summed E-state index contributed by atoms with van der Waals surface area (Å²) >= 11 is 0. The van der Waals surface area contributed by atoms with Crippen LogP contribution >= 0.6 is 0 Å². The first-order chi connectivity index (χ1) is 12.7. The number of para-hydroxylation sites is 1. The summed E-state index contributed by atoms with van der Waals surface area (Å²) in [5, 5.41) is 0. The van der Waals surface area contributed by atoms with Gasteiger partial charge in [0, 0.05) is 5.56 Å². The number of hydrogen-bond donors (Lipinski definition) is 0. The van der Waals surface area contributed by atoms with Crippen molar-refractivity contribution >= 4 is 15.8 Å². The van der Waals surface area contributed by atoms with E-state index in [0.29, 0.717) is 0 Å². The average molecular weight is 384 g/mol. The maximum atomic E-state index is 10.4. The minimum absolute atomic E-state index is 0.178. The number of benzene rings is 3. The molecule has 0 aromatic heterocycles. The molecule has 0 saturated heterocycles. The Morgan fingerprint density at radius 3 is 1.74 bits per heavy atom. The zero-order valence-electron chi connectivity index (χ0n) is 15.9. The molecule has 0 unspecified atom stereocenters. The van der Waals surface area contributed by atoms with Crippen LogP contribution in [0, 0.1) is 6.92 Å². The molecule has 0 fully saturated rings. The first-order valence-corrected chi connectivity index (χ1v) is 10.0. The van der Waals surface area contributed by atoms with E-state index in [-0.39, 0.29) is 4.90 Å². The quantitative estimate of drug-likeness (QED) is 0.497. The zero-order valence-corrected chi connectivity index (χ0v) is 16.7. The Labute approximate surface area is 162 Å². The molecule has 4 nitrogen and oxygen atoms in total. The van der Waals surface area contributed by atoms with Crippen molar-refractivity contribution in [1.29, 1.82) is 0 Å². The Morgan fingerprint density at radius 2 is 1.26 bits per heavy atom. The average Bonchev–Trinajstić information content (AvgIpc) is 2.63. The van der Waals surface area contributed by atoms with E-state index < -0.39 is 10.1 Å². The van der Waals surface area contributed by atoms with Gasteiger partial charge in [-0.3, -0.25) is 4.48 Å². The summed E-state index contributed by atoms with van der Waals surface area (Å²) in [4.78, 5) is -0.178. The summed E-state index contributed by atoms with van der Waals surface area (Å²) in [7, 11) is 0.207. The van der Waals surface area contributed by atoms with Crippen LogP contribution < -0.4 is 4.48 Å². The second kappa shape index (κ2) is 8.95. The third-order valence-electron chi connectivity index (χ3n) is 4.19. The molecule has 0 aliphatic heterocycles. The highest BCUT2D eigenvalue weighted by atomic mass is 32.2. The maximum Gasteiger partial charge on any atom is 0.132 e. The second-order valence-corrected chi connectivity index (χ2v) is 8.31. The molecule has 0 aliphatic carbocycles. The number of hydrogen-bond acceptors (Lipinski definition) is 3. The molecule has 0 spiro atoms. The Morgan fingerprint density at radius 1 is 0.778 bits per heavy atom. The van der Waals surface area contributed by atoms with Gasteiger partial charge in [0.25, 0.3) is 0 Å². The van der Waals surface area contributed by atoms with Gasteiger partial charge >= 0.3 is 0 Å². The number of nitrogens with zero attached hydrogens (tertiary/aromatic N) is 1. The lowest BCUT2D eigenvalue weighted by molar-refractivity contribution is 0.392. The Hall–Kier alpha value is -2.47. The fourth-order valence-electron chi connectivity index (χ4n) is 2.67. The molecule has 0 saturated carbocycles. The molecule has 3 aromatic carbocycles. The van der Waals surface area contributed by atoms with Crippen molar-refractivity contribution in [3.05, 3.63) is 96.1 Å². The highest BCUT2D eigenvalue weighted by molar-refractivity contribution is 7.85. The molecule has 0 atom stereocenters. The molecule has 142 valence electrons. The van der Waals surface area contributed by atoms with Crippen LogP contribution in [0.25, 0.3) is 0 Å². The van der Waals surface area contributed by atoms with Crippen LogP contribution in [0.2, 0.25) is 0 Å². The molecule has 0 amide bonds. The van der Waals surface area contributed by atoms with Gasteiger partial charge in [0.15, 0.2) is 0 Å². The van der Waals surface area contributed by atoms with E-state index in [1.807, 2.05) is 6.92 Å². The third-order valence-corrected chi connectivity index (χ3v) is 5.04. The molecule has 5 heteroatoms. The molecule has 0 heterocycles. The van der Waals surface area contributed by atoms with E-state index in [1.165, 1.54) is 23.4 Å². The number of aryl methyl sites for hydroxylation is 1. The fourth-order valence-corrected chi connectivity index (χ4v) is 3.14. The molecule has 0 radical (unpaired) electrons. The fraction of sp³-hybridized carbons (Fsp3) is 0.182. The normalized spacial score (nSPS) is 11.4. The summed E-state index contributed by atoms with van der Waals surface area (Å²) in [6.45, 7) is 2.84. The minimum Gasteiger partial charge on any atom is -0.744 e. The smallest absolute Gasteiger partial charge is 0.132 e. The molecule has 0 bridgehead atoms. The predicted molar refractivity (Wildman–Crippen MR) is 109 cm³/mol. The van der Waals surface area contributed by atoms with Crippen molar-refractivity contribution < 1.29 is 13.0 Å². The van der Waals surface area contributed by atoms with Gasteiger partial charge in [-0.2, -0.15) is 0 Å². The summed E-state index contributed by atoms with van der Waals surface area (Å²) in [6, 6.07) is 27.0. The molecule has 3 aromatic rings. The number of rotatable bonds is 4. The summed E-state index contributed by atoms with van der Waals surface area (Å²) < 4.78 is 32.0. The van der Waals surface area contributed by atoms with E-state index in [1.54, 1.807) is 12.1 Å². The van der Waals surface area contributed by atoms with Gasteiger partial charge in [0.2, 0.25) is 0 Å². The van der Waals surface area contributed by atoms with Gasteiger partial charge in [-0.05, 0) is 31.2 Å². The van der Waals surface area contributed by atoms with Crippen molar-refractivity contribution in [2.45, 2.75) is 18.4 Å². The Balaban J connectivity index is 0.000000208. The SMILES string of the molecule is C[N+](C)(Cc1ccccc1)c1ccccc1.Cc1ccc(S(=O)(=O)[O-])cc1. The van der Waals surface area contributed by atoms with Crippen LogP contribution in [0.5, 0.6) is 0 Å². The van der Waals surface area contributed by atoms with Gasteiger partial charge in [0.1, 0.15) is 22.4 Å². The lowest BCUT2D eigenvalue weighted by Gasteiger charge is -2.29. The topological polar surface area (TPSA) is 57.2 Å². The molecule has 27 heavy (non-hydrogen) atoms. The monoisotopic (exact) mass is 383 g/mol. The van der Waals surface area contributed by atoms with Gasteiger partial charge in [0.05, 0.1) is 19.0 Å². The van der Waals surface area contributed by atoms with E-state index in [0.717, 1.165) is 16.6 Å². The number of quaternary nitrogens is 1. The Bertz CT molecular complexity index is 936. The lowest BCUT2D eigenvalue weighted by atomic mass is 10.2. The van der Waals surface area contributed by atoms with Crippen LogP contribution in [0.3, 0.4) is 0 Å². The van der Waals surface area contributed by atoms with Crippen molar-refractivity contribution in [2.24, 2.45) is 0 Å². The van der Waals surface area contributed by atoms with Crippen molar-refractivity contribution in [2.75, 3.05) is 14.1 Å². The largest absolute Gasteiger partial charge is 0.744 e. The molecule has 3 rings (SSSR count). The maximum absolute atomic E-state index is 10.4.